The van der Waals surface area contributed by atoms with Crippen LogP contribution in [0.2, 0.25) is 0 Å². The molecular weight excluding hydrogens is 806 g/mol. The van der Waals surface area contributed by atoms with Gasteiger partial charge in [-0.05, 0) is 63.2 Å². The van der Waals surface area contributed by atoms with Crippen LogP contribution in [0.1, 0.15) is 55.6 Å². The second-order valence-electron chi connectivity index (χ2n) is 12.3. The monoisotopic (exact) mass is 814 g/mol. The first-order valence-corrected chi connectivity index (χ1v) is 16.2. The predicted octanol–water partition coefficient (Wildman–Crippen LogP) is 10.1. The van der Waals surface area contributed by atoms with Crippen LogP contribution in [0.25, 0.3) is 54.5 Å². The molecule has 0 bridgehead atoms. The van der Waals surface area contributed by atoms with Gasteiger partial charge in [0.05, 0.1) is 52.6 Å². The fourth-order valence-corrected chi connectivity index (χ4v) is 7.09. The third-order valence-corrected chi connectivity index (χ3v) is 9.38. The molecule has 0 radical (unpaired) electrons. The number of nitrogens with zero attached hydrogens (tertiary/aromatic N) is 8. The van der Waals surface area contributed by atoms with E-state index in [0.717, 1.165) is 48.5 Å². The molecule has 0 N–H and O–H groups in total. The minimum Gasteiger partial charge on any atom is -0.237 e. The van der Waals surface area contributed by atoms with E-state index < -0.39 is 148 Å². The molecule has 0 spiro atoms. The molecule has 18 heteroatoms. The number of allylic oxidation sites excluding steroid dienone is 6. The van der Waals surface area contributed by atoms with Crippen LogP contribution >= 0.6 is 0 Å². The zero-order valence-corrected chi connectivity index (χ0v) is 29.0. The number of halogens is 10. The van der Waals surface area contributed by atoms with Gasteiger partial charge < -0.3 is 0 Å². The molecule has 3 aromatic carbocycles. The largest absolute Gasteiger partial charge is 0.252 e. The maximum absolute atomic E-state index is 15.6. The molecule has 2 aromatic heterocycles. The Hall–Kier alpha value is -8.84. The Bertz CT molecular complexity index is 3000. The van der Waals surface area contributed by atoms with Crippen LogP contribution < -0.4 is 0 Å². The normalized spacial score (nSPS) is 14.3. The van der Waals surface area contributed by atoms with Crippen molar-refractivity contribution in [2.75, 3.05) is 0 Å². The fourth-order valence-electron chi connectivity index (χ4n) is 7.09. The van der Waals surface area contributed by atoms with E-state index in [1.165, 1.54) is 6.07 Å². The molecular formula is C42H8F10N8. The molecule has 2 aliphatic carbocycles. The molecule has 0 aliphatic heterocycles. The first kappa shape index (κ1) is 39.4. The van der Waals surface area contributed by atoms with Crippen molar-refractivity contribution in [3.8, 4) is 24.3 Å². The molecule has 0 fully saturated rings. The lowest BCUT2D eigenvalue weighted by Gasteiger charge is -2.19. The number of hydrogen-bond acceptors (Lipinski definition) is 6. The second kappa shape index (κ2) is 14.6. The van der Waals surface area contributed by atoms with Gasteiger partial charge in [0.15, 0.2) is 23.3 Å². The maximum atomic E-state index is 15.6. The summed E-state index contributed by atoms with van der Waals surface area (Å²) in [5.41, 5.74) is -16.0. The number of pyridine rings is 2. The Morgan fingerprint density at radius 3 is 1.37 bits per heavy atom. The molecule has 2 heterocycles. The molecule has 7 rings (SSSR count). The van der Waals surface area contributed by atoms with Gasteiger partial charge in [0.2, 0.25) is 11.4 Å². The van der Waals surface area contributed by atoms with Gasteiger partial charge in [-0.15, -0.1) is 0 Å². The molecule has 60 heavy (non-hydrogen) atoms. The summed E-state index contributed by atoms with van der Waals surface area (Å²) in [5.74, 6) is -19.8. The van der Waals surface area contributed by atoms with E-state index >= 15 is 17.6 Å². The van der Waals surface area contributed by atoms with E-state index in [1.807, 2.05) is 0 Å². The Morgan fingerprint density at radius 2 is 0.950 bits per heavy atom. The molecule has 0 saturated heterocycles. The van der Waals surface area contributed by atoms with Crippen LogP contribution in [0.5, 0.6) is 0 Å². The number of nitriles is 4. The molecule has 8 nitrogen and oxygen atoms in total. The summed E-state index contributed by atoms with van der Waals surface area (Å²) >= 11 is 0. The lowest BCUT2D eigenvalue weighted by Crippen LogP contribution is -2.09. The van der Waals surface area contributed by atoms with E-state index in [1.54, 1.807) is 18.2 Å². The van der Waals surface area contributed by atoms with Crippen molar-refractivity contribution in [1.29, 1.82) is 21.0 Å². The van der Waals surface area contributed by atoms with Gasteiger partial charge in [-0.3, -0.25) is 0 Å². The average Bonchev–Trinajstić information content (AvgIpc) is 3.75. The summed E-state index contributed by atoms with van der Waals surface area (Å²) in [4.78, 5) is 11.5. The quantitative estimate of drug-likeness (QED) is 0.0769. The van der Waals surface area contributed by atoms with Crippen LogP contribution in [-0.2, 0) is 0 Å². The van der Waals surface area contributed by atoms with Crippen LogP contribution in [-0.4, -0.2) is 9.97 Å². The highest BCUT2D eigenvalue weighted by molar-refractivity contribution is 6.35. The van der Waals surface area contributed by atoms with Crippen molar-refractivity contribution in [1.82, 2.24) is 9.97 Å². The van der Waals surface area contributed by atoms with Gasteiger partial charge in [-0.2, -0.15) is 48.6 Å². The van der Waals surface area contributed by atoms with Crippen molar-refractivity contribution < 1.29 is 43.9 Å². The summed E-state index contributed by atoms with van der Waals surface area (Å²) in [7, 11) is 0. The minimum atomic E-state index is -2.26. The van der Waals surface area contributed by atoms with Gasteiger partial charge in [-0.1, -0.05) is 24.3 Å². The Morgan fingerprint density at radius 1 is 0.517 bits per heavy atom. The van der Waals surface area contributed by atoms with Crippen LogP contribution in [0, 0.1) is 117 Å². The van der Waals surface area contributed by atoms with E-state index in [-0.39, 0.29) is 11.1 Å². The lowest BCUT2D eigenvalue weighted by atomic mass is 9.81. The smallest absolute Gasteiger partial charge is 0.237 e. The number of benzene rings is 3. The zero-order valence-electron chi connectivity index (χ0n) is 29.0. The van der Waals surface area contributed by atoms with Crippen molar-refractivity contribution in [2.45, 2.75) is 0 Å². The first-order chi connectivity index (χ1) is 28.7. The predicted molar refractivity (Wildman–Crippen MR) is 188 cm³/mol. The Labute approximate surface area is 329 Å². The molecule has 2 aliphatic rings. The second-order valence-corrected chi connectivity index (χ2v) is 12.3. The van der Waals surface area contributed by atoms with Crippen molar-refractivity contribution in [2.24, 2.45) is 0 Å². The topological polar surface area (TPSA) is 130 Å². The summed E-state index contributed by atoms with van der Waals surface area (Å²) < 4.78 is 150. The Balaban J connectivity index is 1.83. The molecule has 0 amide bonds. The molecule has 0 unspecified atom stereocenters. The summed E-state index contributed by atoms with van der Waals surface area (Å²) in [6.07, 6.45) is 0. The van der Waals surface area contributed by atoms with Crippen molar-refractivity contribution >= 4 is 44.8 Å². The third kappa shape index (κ3) is 5.56. The van der Waals surface area contributed by atoms with Gasteiger partial charge in [0.25, 0.3) is 23.8 Å². The summed E-state index contributed by atoms with van der Waals surface area (Å²) in [6, 6.07) is 13.8. The molecule has 0 atom stereocenters. The Kier molecular flexibility index (Phi) is 9.58. The van der Waals surface area contributed by atoms with E-state index in [0.29, 0.717) is 0 Å². The standard InChI is InChI=1S/C42H8F10N8/c1-57-37-24(16-5-9-18(44)10-6-16)26(22(14-56)30-33(45)39(49)59-40(50)34(30)46)28-21(13-55)27-25(20(12-54)29(28)37)19(11-53)23(15-3-7-17(43)8-4-15)31(27)38(58-2)32-35(47)41(51)60-42(52)36(32)48/h3-10H/b26-22+,38-31-. The molecule has 286 valence electrons. The molecule has 0 saturated carbocycles. The maximum Gasteiger partial charge on any atom is 0.252 e. The van der Waals surface area contributed by atoms with Gasteiger partial charge in [0, 0.05) is 16.7 Å². The van der Waals surface area contributed by atoms with Gasteiger partial charge in [-0.25, -0.2) is 36.0 Å². The highest BCUT2D eigenvalue weighted by atomic mass is 19.2. The minimum absolute atomic E-state index is 0.266. The van der Waals surface area contributed by atoms with E-state index in [4.69, 9.17) is 13.1 Å². The van der Waals surface area contributed by atoms with Crippen LogP contribution in [0.4, 0.5) is 43.9 Å². The fraction of sp³-hybridized carbons (Fsp3) is 0. The third-order valence-electron chi connectivity index (χ3n) is 9.38. The average molecular weight is 815 g/mol. The van der Waals surface area contributed by atoms with E-state index in [9.17, 15) is 47.4 Å². The van der Waals surface area contributed by atoms with E-state index in [2.05, 4.69) is 19.7 Å². The highest BCUT2D eigenvalue weighted by Gasteiger charge is 2.45. The first-order valence-electron chi connectivity index (χ1n) is 16.2. The lowest BCUT2D eigenvalue weighted by molar-refractivity contribution is 0.404. The van der Waals surface area contributed by atoms with Crippen molar-refractivity contribution in [3.05, 3.63) is 186 Å². The van der Waals surface area contributed by atoms with Gasteiger partial charge >= 0.3 is 0 Å². The zero-order chi connectivity index (χ0) is 43.5. The van der Waals surface area contributed by atoms with Crippen LogP contribution in [0.3, 0.4) is 0 Å². The van der Waals surface area contributed by atoms with Gasteiger partial charge in [0.1, 0.15) is 29.8 Å². The number of aromatic nitrogens is 2. The number of rotatable bonds is 4. The number of fused-ring (bicyclic) bond motifs is 2. The SMILES string of the molecule is [C-]#[N+]C1=C(c2ccc(F)cc2)/C(=C(/C#N)c2c(F)c(F)nc(F)c2F)c2c(C#N)c3c(c(C#N)c21)C(C#N)=C(c1ccc(F)cc1)/C3=C(/[N+]#[C-])c1c(F)c(F)nc(F)c1F. The number of hydrogen-bond donors (Lipinski definition) is 0. The highest BCUT2D eigenvalue weighted by Crippen LogP contribution is 2.60. The molecule has 5 aromatic rings. The summed E-state index contributed by atoms with van der Waals surface area (Å²) in [6.45, 7) is 16.3. The van der Waals surface area contributed by atoms with Crippen molar-refractivity contribution in [3.63, 3.8) is 0 Å². The van der Waals surface area contributed by atoms with Crippen LogP contribution in [0.15, 0.2) is 48.5 Å². The summed E-state index contributed by atoms with van der Waals surface area (Å²) in [5, 5.41) is 43.2.